The molecule has 0 saturated carbocycles. The Kier molecular flexibility index (Phi) is 3.80. The second kappa shape index (κ2) is 6.12. The van der Waals surface area contributed by atoms with Crippen molar-refractivity contribution < 1.29 is 14.3 Å². The number of fused-ring (bicyclic) bond motifs is 2. The number of hydrogen-bond donors (Lipinski definition) is 1. The first-order chi connectivity index (χ1) is 12.1. The van der Waals surface area contributed by atoms with Gasteiger partial charge < -0.3 is 19.4 Å². The summed E-state index contributed by atoms with van der Waals surface area (Å²) >= 11 is 0. The van der Waals surface area contributed by atoms with Crippen LogP contribution < -0.4 is 14.8 Å². The second-order valence-corrected chi connectivity index (χ2v) is 6.14. The van der Waals surface area contributed by atoms with Crippen molar-refractivity contribution in [2.75, 3.05) is 6.79 Å². The maximum atomic E-state index is 12.5. The van der Waals surface area contributed by atoms with E-state index in [-0.39, 0.29) is 25.3 Å². The predicted octanol–water partition coefficient (Wildman–Crippen LogP) is 2.95. The normalized spacial score (nSPS) is 13.8. The Morgan fingerprint density at radius 2 is 2.04 bits per heavy atom. The van der Waals surface area contributed by atoms with Crippen molar-refractivity contribution >= 4 is 16.9 Å². The average Bonchev–Trinajstić information content (AvgIpc) is 3.19. The molecule has 1 atom stereocenters. The Bertz CT molecular complexity index is 948. The van der Waals surface area contributed by atoms with Crippen molar-refractivity contribution in [1.29, 1.82) is 0 Å². The summed E-state index contributed by atoms with van der Waals surface area (Å²) in [5.74, 6) is 2.22. The molecule has 128 valence electrons. The fourth-order valence-electron chi connectivity index (χ4n) is 3.09. The zero-order valence-corrected chi connectivity index (χ0v) is 14.2. The number of ether oxygens (including phenoxy) is 2. The van der Waals surface area contributed by atoms with Crippen LogP contribution >= 0.6 is 0 Å². The Morgan fingerprint density at radius 3 is 2.92 bits per heavy atom. The molecular formula is C19H19N3O3. The number of rotatable bonds is 4. The number of carbonyl (C=O) groups is 1. The predicted molar refractivity (Wildman–Crippen MR) is 93.6 cm³/mol. The number of benzene rings is 2. The smallest absolute Gasteiger partial charge is 0.240 e. The number of nitrogens with zero attached hydrogens (tertiary/aromatic N) is 2. The molecule has 1 N–H and O–H groups in total. The summed E-state index contributed by atoms with van der Waals surface area (Å²) in [4.78, 5) is 17.0. The van der Waals surface area contributed by atoms with Crippen molar-refractivity contribution in [1.82, 2.24) is 14.9 Å². The summed E-state index contributed by atoms with van der Waals surface area (Å²) in [7, 11) is 0. The van der Waals surface area contributed by atoms with Gasteiger partial charge in [0, 0.05) is 0 Å². The van der Waals surface area contributed by atoms with Gasteiger partial charge in [-0.3, -0.25) is 4.79 Å². The molecule has 2 heterocycles. The van der Waals surface area contributed by atoms with Crippen LogP contribution in [0.15, 0.2) is 42.5 Å². The van der Waals surface area contributed by atoms with E-state index in [1.807, 2.05) is 60.9 Å². The molecule has 0 aliphatic carbocycles. The van der Waals surface area contributed by atoms with E-state index in [4.69, 9.17) is 9.47 Å². The minimum atomic E-state index is -0.128. The number of nitrogens with one attached hydrogen (secondary N) is 1. The topological polar surface area (TPSA) is 65.4 Å². The van der Waals surface area contributed by atoms with Crippen molar-refractivity contribution in [2.45, 2.75) is 26.4 Å². The van der Waals surface area contributed by atoms with Crippen molar-refractivity contribution in [3.8, 4) is 11.5 Å². The molecule has 1 aliphatic heterocycles. The van der Waals surface area contributed by atoms with E-state index in [1.165, 1.54) is 0 Å². The standard InChI is InChI=1S/C19H19N3O3/c1-12(14-7-8-17-18(9-14)25-11-24-17)20-19(23)10-22-13(2)21-15-5-3-4-6-16(15)22/h3-9,12H,10-11H2,1-2H3,(H,20,23). The summed E-state index contributed by atoms with van der Waals surface area (Å²) in [5, 5.41) is 3.03. The van der Waals surface area contributed by atoms with Gasteiger partial charge in [0.15, 0.2) is 11.5 Å². The lowest BCUT2D eigenvalue weighted by atomic mass is 10.1. The highest BCUT2D eigenvalue weighted by atomic mass is 16.7. The molecule has 0 saturated heterocycles. The summed E-state index contributed by atoms with van der Waals surface area (Å²) in [6, 6.07) is 13.4. The van der Waals surface area contributed by atoms with Gasteiger partial charge >= 0.3 is 0 Å². The zero-order chi connectivity index (χ0) is 17.4. The summed E-state index contributed by atoms with van der Waals surface area (Å²) in [5.41, 5.74) is 2.84. The Morgan fingerprint density at radius 1 is 1.24 bits per heavy atom. The molecule has 4 rings (SSSR count). The van der Waals surface area contributed by atoms with Gasteiger partial charge in [-0.15, -0.1) is 0 Å². The van der Waals surface area contributed by atoms with E-state index in [9.17, 15) is 4.79 Å². The van der Waals surface area contributed by atoms with E-state index >= 15 is 0 Å². The largest absolute Gasteiger partial charge is 0.454 e. The number of hydrogen-bond acceptors (Lipinski definition) is 4. The lowest BCUT2D eigenvalue weighted by Crippen LogP contribution is -2.30. The minimum Gasteiger partial charge on any atom is -0.454 e. The van der Waals surface area contributed by atoms with Crippen molar-refractivity contribution in [3.05, 3.63) is 53.9 Å². The molecule has 1 aromatic heterocycles. The number of amides is 1. The molecular weight excluding hydrogens is 318 g/mol. The maximum absolute atomic E-state index is 12.5. The molecule has 1 amide bonds. The van der Waals surface area contributed by atoms with Crippen LogP contribution in [0.2, 0.25) is 0 Å². The van der Waals surface area contributed by atoms with E-state index in [2.05, 4.69) is 10.3 Å². The fourth-order valence-corrected chi connectivity index (χ4v) is 3.09. The van der Waals surface area contributed by atoms with E-state index < -0.39 is 0 Å². The number of aromatic nitrogens is 2. The van der Waals surface area contributed by atoms with Crippen LogP contribution in [0.4, 0.5) is 0 Å². The third-order valence-corrected chi connectivity index (χ3v) is 4.42. The molecule has 6 heteroatoms. The first-order valence-corrected chi connectivity index (χ1v) is 8.22. The van der Waals surface area contributed by atoms with Crippen LogP contribution in [0, 0.1) is 6.92 Å². The van der Waals surface area contributed by atoms with Crippen LogP contribution in [0.3, 0.4) is 0 Å². The minimum absolute atomic E-state index is 0.0589. The third-order valence-electron chi connectivity index (χ3n) is 4.42. The lowest BCUT2D eigenvalue weighted by Gasteiger charge is -2.16. The zero-order valence-electron chi connectivity index (χ0n) is 14.2. The molecule has 0 fully saturated rings. The van der Waals surface area contributed by atoms with Gasteiger partial charge in [-0.2, -0.15) is 0 Å². The van der Waals surface area contributed by atoms with Gasteiger partial charge in [0.1, 0.15) is 12.4 Å². The van der Waals surface area contributed by atoms with Gasteiger partial charge in [-0.25, -0.2) is 4.98 Å². The van der Waals surface area contributed by atoms with Crippen molar-refractivity contribution in [2.24, 2.45) is 0 Å². The number of carbonyl (C=O) groups excluding carboxylic acids is 1. The molecule has 3 aromatic rings. The Balaban J connectivity index is 1.49. The van der Waals surface area contributed by atoms with E-state index in [0.29, 0.717) is 0 Å². The highest BCUT2D eigenvalue weighted by Gasteiger charge is 2.17. The molecule has 25 heavy (non-hydrogen) atoms. The van der Waals surface area contributed by atoms with Gasteiger partial charge in [0.25, 0.3) is 0 Å². The first-order valence-electron chi connectivity index (χ1n) is 8.22. The summed E-state index contributed by atoms with van der Waals surface area (Å²) in [6.45, 7) is 4.34. The molecule has 0 spiro atoms. The van der Waals surface area contributed by atoms with E-state index in [0.717, 1.165) is 33.9 Å². The Hall–Kier alpha value is -3.02. The SMILES string of the molecule is Cc1nc2ccccc2n1CC(=O)NC(C)c1ccc2c(c1)OCO2. The Labute approximate surface area is 145 Å². The van der Waals surface area contributed by atoms with Crippen LogP contribution in [0.25, 0.3) is 11.0 Å². The highest BCUT2D eigenvalue weighted by Crippen LogP contribution is 2.34. The van der Waals surface area contributed by atoms with Gasteiger partial charge in [-0.05, 0) is 43.7 Å². The first kappa shape index (κ1) is 15.5. The quantitative estimate of drug-likeness (QED) is 0.795. The van der Waals surface area contributed by atoms with Gasteiger partial charge in [-0.1, -0.05) is 18.2 Å². The van der Waals surface area contributed by atoms with Gasteiger partial charge in [0.2, 0.25) is 12.7 Å². The molecule has 2 aromatic carbocycles. The van der Waals surface area contributed by atoms with E-state index in [1.54, 1.807) is 0 Å². The monoisotopic (exact) mass is 337 g/mol. The van der Waals surface area contributed by atoms with Crippen LogP contribution in [0.5, 0.6) is 11.5 Å². The number of imidazole rings is 1. The number of aryl methyl sites for hydroxylation is 1. The molecule has 0 radical (unpaired) electrons. The second-order valence-electron chi connectivity index (χ2n) is 6.14. The fraction of sp³-hybridized carbons (Fsp3) is 0.263. The third kappa shape index (κ3) is 2.91. The molecule has 1 aliphatic rings. The van der Waals surface area contributed by atoms with Crippen LogP contribution in [-0.2, 0) is 11.3 Å². The van der Waals surface area contributed by atoms with Gasteiger partial charge in [0.05, 0.1) is 17.1 Å². The van der Waals surface area contributed by atoms with Crippen LogP contribution in [0.1, 0.15) is 24.4 Å². The average molecular weight is 337 g/mol. The van der Waals surface area contributed by atoms with Crippen LogP contribution in [-0.4, -0.2) is 22.3 Å². The summed E-state index contributed by atoms with van der Waals surface area (Å²) in [6.07, 6.45) is 0. The number of para-hydroxylation sites is 2. The summed E-state index contributed by atoms with van der Waals surface area (Å²) < 4.78 is 12.6. The molecule has 6 nitrogen and oxygen atoms in total. The maximum Gasteiger partial charge on any atom is 0.240 e. The molecule has 0 bridgehead atoms. The lowest BCUT2D eigenvalue weighted by molar-refractivity contribution is -0.122. The van der Waals surface area contributed by atoms with Crippen molar-refractivity contribution in [3.63, 3.8) is 0 Å². The molecule has 1 unspecified atom stereocenters. The highest BCUT2D eigenvalue weighted by molar-refractivity contribution is 5.81.